The van der Waals surface area contributed by atoms with Crippen LogP contribution in [0, 0.1) is 5.41 Å². The maximum Gasteiger partial charge on any atom is 0.481 e. The highest BCUT2D eigenvalue weighted by atomic mass is 79.9. The Morgan fingerprint density at radius 2 is 1.80 bits per heavy atom. The van der Waals surface area contributed by atoms with E-state index in [-0.39, 0.29) is 41.6 Å². The summed E-state index contributed by atoms with van der Waals surface area (Å²) >= 11 is 4.15. The van der Waals surface area contributed by atoms with Gasteiger partial charge in [-0.1, -0.05) is 47.6 Å². The lowest BCUT2D eigenvalue weighted by Gasteiger charge is -2.30. The molecule has 10 N–H and O–H groups in total. The van der Waals surface area contributed by atoms with Crippen molar-refractivity contribution in [2.45, 2.75) is 50.9 Å². The molecular formula is C25H39BrN7O17P3S. The molecule has 2 amide bonds. The normalized spacial score (nSPS) is 22.2. The van der Waals surface area contributed by atoms with Gasteiger partial charge >= 0.3 is 23.5 Å². The number of anilines is 1. The fourth-order valence-corrected chi connectivity index (χ4v) is 8.08. The molecule has 1 saturated heterocycles. The second-order valence-corrected chi connectivity index (χ2v) is 17.8. The Hall–Kier alpha value is -2.22. The van der Waals surface area contributed by atoms with Crippen LogP contribution < -0.4 is 16.4 Å². The number of phosphoric acid groups is 3. The molecule has 24 nitrogen and oxygen atoms in total. The first-order chi connectivity index (χ1) is 25.1. The second kappa shape index (κ2) is 19.8. The summed E-state index contributed by atoms with van der Waals surface area (Å²) in [6.07, 6.45) is -3.90. The van der Waals surface area contributed by atoms with Crippen LogP contribution in [-0.4, -0.2) is 128 Å². The lowest BCUT2D eigenvalue weighted by atomic mass is 9.87. The molecule has 29 heteroatoms. The van der Waals surface area contributed by atoms with Gasteiger partial charge in [0.2, 0.25) is 16.9 Å². The number of thioether (sulfide) groups is 1. The SMILES string of the molecule is CC(C)(COP(=O)(O)OP(=O)(O)OC[C@H]1O[C@@H](n2cnc3c(N)ncnc32)[C@H](O)[C@@H]1OP(=O)(O)O)[C@@H](O)C(=O)NCCC(=O)NCCSC(=O)C=CCBr. The summed E-state index contributed by atoms with van der Waals surface area (Å²) in [7, 11) is -16.4. The number of nitrogen functional groups attached to an aromatic ring is 1. The van der Waals surface area contributed by atoms with Gasteiger partial charge in [0, 0.05) is 36.0 Å². The number of fused-ring (bicyclic) bond motifs is 1. The number of rotatable bonds is 21. The summed E-state index contributed by atoms with van der Waals surface area (Å²) in [4.78, 5) is 86.9. The standard InChI is InChI=1S/C25H39BrN7O17P3S/c1-25(2,20(37)23(38)29-7-5-15(34)28-8-9-54-16(35)4-3-6-26)11-47-53(44,45)50-52(42,43)46-10-14-19(49-51(39,40)41)18(36)24(48-14)33-13-32-17-21(27)30-12-31-22(17)33/h3-4,12-14,18-20,24,36-37H,5-11H2,1-2H3,(H,28,34)(H,29,38)(H,42,43)(H,44,45)(H2,27,30,31)(H2,39,40,41)/t14-,18-,19-,20+,24-/m1/s1. The fraction of sp³-hybridized carbons (Fsp3) is 0.600. The third-order valence-corrected chi connectivity index (χ3v) is 11.4. The molecule has 0 radical (unpaired) electrons. The van der Waals surface area contributed by atoms with E-state index in [1.54, 1.807) is 6.08 Å². The summed E-state index contributed by atoms with van der Waals surface area (Å²) in [5.74, 6) is -1.15. The van der Waals surface area contributed by atoms with Gasteiger partial charge in [-0.25, -0.2) is 28.6 Å². The highest BCUT2D eigenvalue weighted by molar-refractivity contribution is 9.09. The minimum Gasteiger partial charge on any atom is -0.386 e. The third kappa shape index (κ3) is 14.1. The molecule has 3 rings (SSSR count). The zero-order valence-electron chi connectivity index (χ0n) is 28.3. The molecule has 2 unspecified atom stereocenters. The lowest BCUT2D eigenvalue weighted by molar-refractivity contribution is -0.137. The second-order valence-electron chi connectivity index (χ2n) is 11.8. The van der Waals surface area contributed by atoms with E-state index in [1.807, 2.05) is 0 Å². The van der Waals surface area contributed by atoms with Gasteiger partial charge in [0.05, 0.1) is 19.5 Å². The van der Waals surface area contributed by atoms with Gasteiger partial charge in [-0.15, -0.1) is 0 Å². The van der Waals surface area contributed by atoms with Gasteiger partial charge in [-0.2, -0.15) is 4.31 Å². The number of nitrogens with one attached hydrogen (secondary N) is 2. The van der Waals surface area contributed by atoms with Crippen molar-refractivity contribution < 1.29 is 80.5 Å². The molecule has 3 heterocycles. The number of hydrogen-bond donors (Lipinski definition) is 9. The molecule has 0 saturated carbocycles. The van der Waals surface area contributed by atoms with Crippen molar-refractivity contribution in [1.29, 1.82) is 0 Å². The number of aromatic nitrogens is 4. The van der Waals surface area contributed by atoms with Crippen LogP contribution in [0.25, 0.3) is 11.2 Å². The van der Waals surface area contributed by atoms with E-state index >= 15 is 0 Å². The van der Waals surface area contributed by atoms with Gasteiger partial charge in [-0.3, -0.25) is 32.5 Å². The average Bonchev–Trinajstić information content (AvgIpc) is 3.63. The largest absolute Gasteiger partial charge is 0.481 e. The van der Waals surface area contributed by atoms with Crippen molar-refractivity contribution in [2.75, 3.05) is 43.1 Å². The van der Waals surface area contributed by atoms with Gasteiger partial charge < -0.3 is 50.9 Å². The predicted molar refractivity (Wildman–Crippen MR) is 190 cm³/mol. The fourth-order valence-electron chi connectivity index (χ4n) is 4.47. The Morgan fingerprint density at radius 3 is 2.46 bits per heavy atom. The first-order valence-corrected chi connectivity index (χ1v) is 22.0. The van der Waals surface area contributed by atoms with Crippen LogP contribution in [0.5, 0.6) is 0 Å². The number of nitrogens with two attached hydrogens (primary N) is 1. The van der Waals surface area contributed by atoms with E-state index < -0.39 is 84.6 Å². The average molecular weight is 915 g/mol. The number of alkyl halides is 1. The first kappa shape index (κ1) is 46.2. The van der Waals surface area contributed by atoms with Crippen molar-refractivity contribution in [1.82, 2.24) is 30.2 Å². The summed E-state index contributed by atoms with van der Waals surface area (Å²) in [6, 6.07) is 0. The maximum absolute atomic E-state index is 12.6. The zero-order valence-corrected chi connectivity index (χ0v) is 33.4. The first-order valence-electron chi connectivity index (χ1n) is 15.3. The number of halogens is 1. The number of amides is 2. The van der Waals surface area contributed by atoms with Crippen LogP contribution in [0.3, 0.4) is 0 Å². The Labute approximate surface area is 319 Å². The molecule has 0 aliphatic carbocycles. The number of aliphatic hydroxyl groups excluding tert-OH is 2. The maximum atomic E-state index is 12.6. The van der Waals surface area contributed by atoms with Crippen molar-refractivity contribution in [2.24, 2.45) is 5.41 Å². The molecule has 304 valence electrons. The molecule has 0 aromatic carbocycles. The van der Waals surface area contributed by atoms with Crippen molar-refractivity contribution >= 4 is 85.1 Å². The summed E-state index contributed by atoms with van der Waals surface area (Å²) < 4.78 is 62.0. The van der Waals surface area contributed by atoms with E-state index in [4.69, 9.17) is 19.5 Å². The zero-order chi connectivity index (χ0) is 40.5. The van der Waals surface area contributed by atoms with E-state index in [0.717, 1.165) is 29.0 Å². The van der Waals surface area contributed by atoms with Crippen molar-refractivity contribution in [3.05, 3.63) is 24.8 Å². The molecule has 2 aromatic rings. The quantitative estimate of drug-likeness (QED) is 0.0333. The molecule has 1 fully saturated rings. The van der Waals surface area contributed by atoms with Crippen molar-refractivity contribution in [3.8, 4) is 0 Å². The minimum absolute atomic E-state index is 0.0293. The summed E-state index contributed by atoms with van der Waals surface area (Å²) in [5.41, 5.74) is 4.25. The van der Waals surface area contributed by atoms with E-state index in [0.29, 0.717) is 11.1 Å². The third-order valence-electron chi connectivity index (χ3n) is 7.09. The lowest BCUT2D eigenvalue weighted by Crippen LogP contribution is -2.46. The molecule has 2 aromatic heterocycles. The Kier molecular flexibility index (Phi) is 16.9. The van der Waals surface area contributed by atoms with Gasteiger partial charge in [0.15, 0.2) is 17.7 Å². The molecular weight excluding hydrogens is 875 g/mol. The number of aliphatic hydroxyl groups is 2. The van der Waals surface area contributed by atoms with Crippen LogP contribution >= 0.6 is 51.2 Å². The minimum atomic E-state index is -5.57. The molecule has 0 bridgehead atoms. The van der Waals surface area contributed by atoms with E-state index in [9.17, 15) is 57.9 Å². The number of nitrogens with zero attached hydrogens (tertiary/aromatic N) is 4. The summed E-state index contributed by atoms with van der Waals surface area (Å²) in [6.45, 7) is 0.460. The topological polar surface area (TPSA) is 364 Å². The molecule has 7 atom stereocenters. The Balaban J connectivity index is 1.51. The molecule has 1 aliphatic heterocycles. The van der Waals surface area contributed by atoms with Gasteiger partial charge in [-0.05, 0) is 6.08 Å². The predicted octanol–water partition coefficient (Wildman–Crippen LogP) is -0.384. The van der Waals surface area contributed by atoms with E-state index in [1.165, 1.54) is 19.9 Å². The van der Waals surface area contributed by atoms with Crippen LogP contribution in [0.15, 0.2) is 24.8 Å². The number of phosphoric ester groups is 3. The number of hydrogen-bond acceptors (Lipinski definition) is 18. The Bertz CT molecular complexity index is 1820. The summed E-state index contributed by atoms with van der Waals surface area (Å²) in [5, 5.41) is 26.6. The van der Waals surface area contributed by atoms with Crippen LogP contribution in [0.1, 0.15) is 26.5 Å². The number of carbonyl (C=O) groups is 3. The smallest absolute Gasteiger partial charge is 0.386 e. The van der Waals surface area contributed by atoms with Crippen LogP contribution in [0.2, 0.25) is 0 Å². The van der Waals surface area contributed by atoms with Crippen LogP contribution in [-0.2, 0) is 50.7 Å². The highest BCUT2D eigenvalue weighted by Crippen LogP contribution is 2.61. The molecule has 54 heavy (non-hydrogen) atoms. The Morgan fingerprint density at radius 1 is 1.11 bits per heavy atom. The van der Waals surface area contributed by atoms with Crippen molar-refractivity contribution in [3.63, 3.8) is 0 Å². The van der Waals surface area contributed by atoms with E-state index in [2.05, 4.69) is 50.3 Å². The highest BCUT2D eigenvalue weighted by Gasteiger charge is 2.50. The molecule has 1 aliphatic rings. The van der Waals surface area contributed by atoms with Gasteiger partial charge in [0.25, 0.3) is 0 Å². The van der Waals surface area contributed by atoms with Crippen LogP contribution in [0.4, 0.5) is 5.82 Å². The number of allylic oxidation sites excluding steroid dienone is 1. The number of ether oxygens (including phenoxy) is 1. The number of carbonyl (C=O) groups excluding carboxylic acids is 3. The van der Waals surface area contributed by atoms with Gasteiger partial charge in [0.1, 0.15) is 36.3 Å². The number of imidazole rings is 1. The molecule has 0 spiro atoms. The monoisotopic (exact) mass is 913 g/mol.